The van der Waals surface area contributed by atoms with Gasteiger partial charge in [0.25, 0.3) is 5.91 Å². The van der Waals surface area contributed by atoms with Gasteiger partial charge in [-0.05, 0) is 62.1 Å². The van der Waals surface area contributed by atoms with E-state index >= 15 is 0 Å². The summed E-state index contributed by atoms with van der Waals surface area (Å²) in [6, 6.07) is 18.3. The van der Waals surface area contributed by atoms with E-state index in [0.717, 1.165) is 25.1 Å². The van der Waals surface area contributed by atoms with Crippen LogP contribution in [-0.4, -0.2) is 78.7 Å². The lowest BCUT2D eigenvalue weighted by Gasteiger charge is -2.43. The van der Waals surface area contributed by atoms with Gasteiger partial charge in [-0.15, -0.1) is 0 Å². The lowest BCUT2D eigenvalue weighted by atomic mass is 9.85. The van der Waals surface area contributed by atoms with Gasteiger partial charge in [0.15, 0.2) is 0 Å². The number of hydrogen-bond acceptors (Lipinski definition) is 6. The van der Waals surface area contributed by atoms with Crippen molar-refractivity contribution in [2.24, 2.45) is 0 Å². The predicted octanol–water partition coefficient (Wildman–Crippen LogP) is 2.53. The van der Waals surface area contributed by atoms with E-state index < -0.39 is 5.54 Å². The third-order valence-corrected chi connectivity index (χ3v) is 7.61. The van der Waals surface area contributed by atoms with Crippen molar-refractivity contribution in [3.63, 3.8) is 0 Å². The van der Waals surface area contributed by atoms with Crippen LogP contribution in [0.3, 0.4) is 0 Å². The van der Waals surface area contributed by atoms with Gasteiger partial charge in [-0.25, -0.2) is 4.79 Å². The van der Waals surface area contributed by atoms with Crippen molar-refractivity contribution in [2.45, 2.75) is 37.3 Å². The first-order chi connectivity index (χ1) is 18.5. The minimum absolute atomic E-state index is 0.0144. The molecule has 10 nitrogen and oxygen atoms in total. The summed E-state index contributed by atoms with van der Waals surface area (Å²) in [5, 5.41) is 14.8. The number of nitrogens with zero attached hydrogens (tertiary/aromatic N) is 4. The van der Waals surface area contributed by atoms with Crippen LogP contribution in [0.2, 0.25) is 0 Å². The Labute approximate surface area is 222 Å². The van der Waals surface area contributed by atoms with Crippen LogP contribution in [0.25, 0.3) is 0 Å². The molecule has 2 aromatic carbocycles. The molecule has 3 heterocycles. The highest BCUT2D eigenvalue weighted by Crippen LogP contribution is 2.39. The van der Waals surface area contributed by atoms with Crippen LogP contribution in [0, 0.1) is 11.3 Å². The lowest BCUT2D eigenvalue weighted by molar-refractivity contribution is -0.137. The summed E-state index contributed by atoms with van der Waals surface area (Å²) in [5.74, 6) is -0.279. The monoisotopic (exact) mass is 516 g/mol. The van der Waals surface area contributed by atoms with Crippen LogP contribution in [0.1, 0.15) is 31.2 Å². The molecule has 2 aromatic rings. The molecule has 0 saturated carbocycles. The fourth-order valence-corrected chi connectivity index (χ4v) is 5.49. The Morgan fingerprint density at radius 2 is 1.82 bits per heavy atom. The van der Waals surface area contributed by atoms with E-state index in [-0.39, 0.29) is 30.5 Å². The quantitative estimate of drug-likeness (QED) is 0.609. The van der Waals surface area contributed by atoms with E-state index in [1.165, 1.54) is 0 Å². The number of piperidine rings is 1. The largest absolute Gasteiger partial charge is 0.376 e. The molecule has 5 rings (SSSR count). The van der Waals surface area contributed by atoms with Crippen LogP contribution in [0.15, 0.2) is 54.6 Å². The van der Waals surface area contributed by atoms with Gasteiger partial charge in [-0.2, -0.15) is 5.26 Å². The number of carbonyl (C=O) groups excluding carboxylic acids is 3. The topological polar surface area (TPSA) is 118 Å². The highest BCUT2D eigenvalue weighted by molar-refractivity contribution is 5.97. The molecule has 0 unspecified atom stereocenters. The lowest BCUT2D eigenvalue weighted by Crippen LogP contribution is -2.58. The van der Waals surface area contributed by atoms with Gasteiger partial charge in [-0.1, -0.05) is 18.2 Å². The van der Waals surface area contributed by atoms with Crippen molar-refractivity contribution in [1.82, 2.24) is 15.1 Å². The molecular weight excluding hydrogens is 484 g/mol. The first kappa shape index (κ1) is 25.5. The summed E-state index contributed by atoms with van der Waals surface area (Å²) in [6.07, 6.45) is 2.89. The number of urea groups is 1. The van der Waals surface area contributed by atoms with Crippen LogP contribution >= 0.6 is 0 Å². The van der Waals surface area contributed by atoms with Gasteiger partial charge >= 0.3 is 6.03 Å². The van der Waals surface area contributed by atoms with Gasteiger partial charge in [0.05, 0.1) is 24.4 Å². The highest BCUT2D eigenvalue weighted by atomic mass is 16.5. The summed E-state index contributed by atoms with van der Waals surface area (Å²) >= 11 is 0. The summed E-state index contributed by atoms with van der Waals surface area (Å²) in [6.45, 7) is 2.28. The number of likely N-dealkylation sites (tertiary alicyclic amines) is 1. The minimum Gasteiger partial charge on any atom is -0.376 e. The van der Waals surface area contributed by atoms with Gasteiger partial charge < -0.3 is 30.1 Å². The van der Waals surface area contributed by atoms with Crippen molar-refractivity contribution in [1.29, 1.82) is 5.26 Å². The van der Waals surface area contributed by atoms with Crippen LogP contribution < -0.4 is 15.5 Å². The van der Waals surface area contributed by atoms with Crippen LogP contribution in [0.4, 0.5) is 16.2 Å². The molecule has 1 atom stereocenters. The molecule has 3 aliphatic rings. The highest BCUT2D eigenvalue weighted by Gasteiger charge is 2.54. The Kier molecular flexibility index (Phi) is 7.47. The third-order valence-electron chi connectivity index (χ3n) is 7.61. The molecule has 2 N–H and O–H groups in total. The molecule has 0 aliphatic carbocycles. The molecule has 198 valence electrons. The number of nitriles is 1. The SMILES string of the molecule is N#Cc1ccc(NC(=O)N2CCC3(CC2)C(=O)N(CC(=O)NC[C@H]2CCCO2)CN3c2ccccc2)cc1. The minimum atomic E-state index is -0.818. The molecule has 10 heteroatoms. The zero-order valence-electron chi connectivity index (χ0n) is 21.3. The molecular formula is C28H32N6O4. The molecule has 3 aliphatic heterocycles. The Hall–Kier alpha value is -4.10. The number of rotatable bonds is 6. The first-order valence-electron chi connectivity index (χ1n) is 13.0. The van der Waals surface area contributed by atoms with Crippen molar-refractivity contribution < 1.29 is 19.1 Å². The zero-order valence-corrected chi connectivity index (χ0v) is 21.3. The molecule has 4 amide bonds. The van der Waals surface area contributed by atoms with Crippen molar-refractivity contribution in [3.8, 4) is 6.07 Å². The molecule has 0 aromatic heterocycles. The number of ether oxygens (including phenoxy) is 1. The Bertz CT molecular complexity index is 1200. The van der Waals surface area contributed by atoms with Crippen molar-refractivity contribution in [2.75, 3.05) is 49.7 Å². The van der Waals surface area contributed by atoms with Crippen LogP contribution in [0.5, 0.6) is 0 Å². The van der Waals surface area contributed by atoms with E-state index in [2.05, 4.69) is 21.6 Å². The maximum Gasteiger partial charge on any atom is 0.321 e. The predicted molar refractivity (Wildman–Crippen MR) is 141 cm³/mol. The Morgan fingerprint density at radius 3 is 2.47 bits per heavy atom. The summed E-state index contributed by atoms with van der Waals surface area (Å²) in [5.41, 5.74) is 1.23. The third kappa shape index (κ3) is 5.29. The number of para-hydroxylation sites is 1. The maximum atomic E-state index is 13.8. The number of amides is 4. The molecule has 0 radical (unpaired) electrons. The van der Waals surface area contributed by atoms with Crippen molar-refractivity contribution in [3.05, 3.63) is 60.2 Å². The van der Waals surface area contributed by atoms with E-state index in [1.54, 1.807) is 34.1 Å². The molecule has 1 spiro atoms. The zero-order chi connectivity index (χ0) is 26.5. The fraction of sp³-hybridized carbons (Fsp3) is 0.429. The second kappa shape index (κ2) is 11.1. The van der Waals surface area contributed by atoms with Crippen LogP contribution in [-0.2, 0) is 14.3 Å². The second-order valence-corrected chi connectivity index (χ2v) is 9.99. The smallest absolute Gasteiger partial charge is 0.321 e. The summed E-state index contributed by atoms with van der Waals surface area (Å²) in [4.78, 5) is 44.9. The number of hydrogen-bond donors (Lipinski definition) is 2. The fourth-order valence-electron chi connectivity index (χ4n) is 5.49. The number of nitrogens with one attached hydrogen (secondary N) is 2. The van der Waals surface area contributed by atoms with Gasteiger partial charge in [0.1, 0.15) is 12.1 Å². The number of benzene rings is 2. The Morgan fingerprint density at radius 1 is 1.08 bits per heavy atom. The second-order valence-electron chi connectivity index (χ2n) is 9.99. The Balaban J connectivity index is 1.25. The average molecular weight is 517 g/mol. The molecule has 0 bridgehead atoms. The molecule has 3 fully saturated rings. The van der Waals surface area contributed by atoms with E-state index in [4.69, 9.17) is 10.00 Å². The average Bonchev–Trinajstić information content (AvgIpc) is 3.56. The molecule has 38 heavy (non-hydrogen) atoms. The van der Waals surface area contributed by atoms with E-state index in [1.807, 2.05) is 30.3 Å². The number of carbonyl (C=O) groups is 3. The summed E-state index contributed by atoms with van der Waals surface area (Å²) < 4.78 is 5.58. The maximum absolute atomic E-state index is 13.8. The van der Waals surface area contributed by atoms with Crippen molar-refractivity contribution >= 4 is 29.2 Å². The standard InChI is InChI=1S/C28H32N6O4/c29-17-21-8-10-22(11-9-21)31-27(37)32-14-12-28(13-15-32)26(36)33(20-34(28)23-5-2-1-3-6-23)19-25(35)30-18-24-7-4-16-38-24/h1-3,5-6,8-11,24H,4,7,12-16,18-20H2,(H,30,35)(H,31,37)/t24-/m1/s1. The van der Waals surface area contributed by atoms with Gasteiger partial charge in [0, 0.05) is 37.6 Å². The number of anilines is 2. The molecule has 3 saturated heterocycles. The summed E-state index contributed by atoms with van der Waals surface area (Å²) in [7, 11) is 0. The van der Waals surface area contributed by atoms with Gasteiger partial charge in [-0.3, -0.25) is 9.59 Å². The first-order valence-corrected chi connectivity index (χ1v) is 13.0. The normalized spacial score (nSPS) is 20.4. The van der Waals surface area contributed by atoms with Gasteiger partial charge in [0.2, 0.25) is 5.91 Å². The van der Waals surface area contributed by atoms with E-state index in [9.17, 15) is 14.4 Å². The van der Waals surface area contributed by atoms with E-state index in [0.29, 0.717) is 50.4 Å².